The number of oxime groups is 1. The van der Waals surface area contributed by atoms with E-state index in [-0.39, 0.29) is 24.1 Å². The number of amides is 2. The minimum Gasteiger partial charge on any atom is -0.382 e. The first-order valence-corrected chi connectivity index (χ1v) is 7.68. The third kappa shape index (κ3) is 3.82. The highest BCUT2D eigenvalue weighted by atomic mass is 19.1. The molecule has 1 heterocycles. The maximum Gasteiger partial charge on any atom is 0.268 e. The van der Waals surface area contributed by atoms with Crippen LogP contribution in [0.1, 0.15) is 22.3 Å². The molecule has 1 atom stereocenters. The lowest BCUT2D eigenvalue weighted by Crippen LogP contribution is -2.28. The van der Waals surface area contributed by atoms with E-state index in [1.54, 1.807) is 36.4 Å². The van der Waals surface area contributed by atoms with Gasteiger partial charge in [0.1, 0.15) is 5.82 Å². The van der Waals surface area contributed by atoms with E-state index < -0.39 is 6.10 Å². The Morgan fingerprint density at radius 2 is 2.00 bits per heavy atom. The van der Waals surface area contributed by atoms with Crippen LogP contribution in [0, 0.1) is 5.82 Å². The van der Waals surface area contributed by atoms with Gasteiger partial charge < -0.3 is 15.5 Å². The monoisotopic (exact) mass is 341 g/mol. The fourth-order valence-corrected chi connectivity index (χ4v) is 2.46. The van der Waals surface area contributed by atoms with Crippen molar-refractivity contribution in [1.29, 1.82) is 0 Å². The van der Waals surface area contributed by atoms with E-state index in [4.69, 9.17) is 4.84 Å². The molecule has 0 fully saturated rings. The average molecular weight is 341 g/mol. The Hall–Kier alpha value is -3.22. The molecule has 0 radical (unpaired) electrons. The summed E-state index contributed by atoms with van der Waals surface area (Å²) >= 11 is 0. The quantitative estimate of drug-likeness (QED) is 0.896. The Kier molecular flexibility index (Phi) is 4.74. The van der Waals surface area contributed by atoms with Gasteiger partial charge in [0, 0.05) is 30.3 Å². The molecule has 0 spiro atoms. The van der Waals surface area contributed by atoms with Gasteiger partial charge in [-0.3, -0.25) is 9.59 Å². The molecule has 1 aliphatic heterocycles. The molecule has 25 heavy (non-hydrogen) atoms. The zero-order chi connectivity index (χ0) is 17.8. The molecule has 1 aliphatic rings. The van der Waals surface area contributed by atoms with Crippen molar-refractivity contribution in [3.63, 3.8) is 0 Å². The molecule has 0 aliphatic carbocycles. The van der Waals surface area contributed by atoms with Gasteiger partial charge >= 0.3 is 0 Å². The second-order valence-corrected chi connectivity index (χ2v) is 5.50. The lowest BCUT2D eigenvalue weighted by Gasteiger charge is -2.10. The number of benzene rings is 2. The highest BCUT2D eigenvalue weighted by Crippen LogP contribution is 2.19. The summed E-state index contributed by atoms with van der Waals surface area (Å²) in [7, 11) is 1.53. The van der Waals surface area contributed by atoms with Gasteiger partial charge in [-0.1, -0.05) is 23.4 Å². The summed E-state index contributed by atoms with van der Waals surface area (Å²) in [6.07, 6.45) is -0.563. The number of carbonyl (C=O) groups excluding carboxylic acids is 2. The molecule has 6 nitrogen and oxygen atoms in total. The number of carbonyl (C=O) groups is 2. The van der Waals surface area contributed by atoms with E-state index in [9.17, 15) is 14.0 Å². The standard InChI is InChI=1S/C18H16FN3O3/c1-20-17(23)12-5-3-7-14(9-12)21-18(24)16-10-15(22-25-16)11-4-2-6-13(19)8-11/h2-9,16H,10H2,1H3,(H,20,23)(H,21,24). The molecule has 2 aromatic rings. The van der Waals surface area contributed by atoms with Crippen molar-refractivity contribution in [2.75, 3.05) is 12.4 Å². The normalized spacial score (nSPS) is 15.9. The first-order chi connectivity index (χ1) is 12.1. The molecule has 2 N–H and O–H groups in total. The number of hydrogen-bond acceptors (Lipinski definition) is 4. The molecule has 0 saturated heterocycles. The van der Waals surface area contributed by atoms with Crippen molar-refractivity contribution < 1.29 is 18.8 Å². The molecule has 0 saturated carbocycles. The van der Waals surface area contributed by atoms with Crippen LogP contribution in [0.25, 0.3) is 0 Å². The van der Waals surface area contributed by atoms with Crippen LogP contribution in [0.4, 0.5) is 10.1 Å². The van der Waals surface area contributed by atoms with Crippen LogP contribution in [0.15, 0.2) is 53.7 Å². The van der Waals surface area contributed by atoms with Crippen LogP contribution in [-0.2, 0) is 9.63 Å². The van der Waals surface area contributed by atoms with Gasteiger partial charge in [0.25, 0.3) is 11.8 Å². The fourth-order valence-electron chi connectivity index (χ4n) is 2.46. The summed E-state index contributed by atoms with van der Waals surface area (Å²) < 4.78 is 13.3. The van der Waals surface area contributed by atoms with Gasteiger partial charge in [-0.25, -0.2) is 4.39 Å². The number of halogens is 1. The summed E-state index contributed by atoms with van der Waals surface area (Å²) in [5, 5.41) is 9.09. The summed E-state index contributed by atoms with van der Waals surface area (Å²) in [6, 6.07) is 12.5. The summed E-state index contributed by atoms with van der Waals surface area (Å²) in [5.74, 6) is -1.01. The van der Waals surface area contributed by atoms with E-state index in [1.807, 2.05) is 0 Å². The Labute approximate surface area is 143 Å². The molecule has 0 aromatic heterocycles. The Morgan fingerprint density at radius 3 is 2.76 bits per heavy atom. The molecule has 7 heteroatoms. The largest absolute Gasteiger partial charge is 0.382 e. The van der Waals surface area contributed by atoms with Crippen molar-refractivity contribution >= 4 is 23.2 Å². The average Bonchev–Trinajstić information content (AvgIpc) is 3.11. The smallest absolute Gasteiger partial charge is 0.268 e. The van der Waals surface area contributed by atoms with Gasteiger partial charge in [-0.15, -0.1) is 0 Å². The zero-order valence-electron chi connectivity index (χ0n) is 13.5. The molecule has 0 bridgehead atoms. The molecule has 3 rings (SSSR count). The molecular weight excluding hydrogens is 325 g/mol. The van der Waals surface area contributed by atoms with Crippen molar-refractivity contribution in [2.24, 2.45) is 5.16 Å². The number of anilines is 1. The maximum absolute atomic E-state index is 13.3. The van der Waals surface area contributed by atoms with Gasteiger partial charge in [0.2, 0.25) is 6.10 Å². The minimum atomic E-state index is -0.804. The molecule has 2 aromatic carbocycles. The maximum atomic E-state index is 13.3. The highest BCUT2D eigenvalue weighted by molar-refractivity contribution is 6.06. The lowest BCUT2D eigenvalue weighted by atomic mass is 10.0. The summed E-state index contributed by atoms with van der Waals surface area (Å²) in [5.41, 5.74) is 2.01. The van der Waals surface area contributed by atoms with E-state index >= 15 is 0 Å². The van der Waals surface area contributed by atoms with Crippen molar-refractivity contribution in [3.8, 4) is 0 Å². The first-order valence-electron chi connectivity index (χ1n) is 7.68. The Morgan fingerprint density at radius 1 is 1.20 bits per heavy atom. The fraction of sp³-hybridized carbons (Fsp3) is 0.167. The van der Waals surface area contributed by atoms with E-state index in [0.717, 1.165) is 0 Å². The van der Waals surface area contributed by atoms with Crippen LogP contribution >= 0.6 is 0 Å². The summed E-state index contributed by atoms with van der Waals surface area (Å²) in [4.78, 5) is 29.1. The summed E-state index contributed by atoms with van der Waals surface area (Å²) in [6.45, 7) is 0. The van der Waals surface area contributed by atoms with Gasteiger partial charge in [-0.05, 0) is 30.3 Å². The molecule has 2 amide bonds. The predicted molar refractivity (Wildman–Crippen MR) is 90.9 cm³/mol. The first kappa shape index (κ1) is 16.6. The number of nitrogens with zero attached hydrogens (tertiary/aromatic N) is 1. The van der Waals surface area contributed by atoms with Crippen molar-refractivity contribution in [3.05, 3.63) is 65.5 Å². The third-order valence-electron chi connectivity index (χ3n) is 3.74. The third-order valence-corrected chi connectivity index (χ3v) is 3.74. The van der Waals surface area contributed by atoms with Crippen molar-refractivity contribution in [1.82, 2.24) is 5.32 Å². The predicted octanol–water partition coefficient (Wildman–Crippen LogP) is 2.32. The number of hydrogen-bond donors (Lipinski definition) is 2. The van der Waals surface area contributed by atoms with Crippen molar-refractivity contribution in [2.45, 2.75) is 12.5 Å². The van der Waals surface area contributed by atoms with Crippen LogP contribution in [-0.4, -0.2) is 30.7 Å². The number of rotatable bonds is 4. The van der Waals surface area contributed by atoms with E-state index in [0.29, 0.717) is 22.5 Å². The Bertz CT molecular complexity index is 851. The lowest BCUT2D eigenvalue weighted by molar-refractivity contribution is -0.125. The van der Waals surface area contributed by atoms with E-state index in [1.165, 1.54) is 19.2 Å². The van der Waals surface area contributed by atoms with Gasteiger partial charge in [0.05, 0.1) is 5.71 Å². The van der Waals surface area contributed by atoms with Crippen LogP contribution in [0.5, 0.6) is 0 Å². The zero-order valence-corrected chi connectivity index (χ0v) is 13.5. The second kappa shape index (κ2) is 7.12. The van der Waals surface area contributed by atoms with Crippen LogP contribution in [0.2, 0.25) is 0 Å². The van der Waals surface area contributed by atoms with Crippen LogP contribution < -0.4 is 10.6 Å². The van der Waals surface area contributed by atoms with E-state index in [2.05, 4.69) is 15.8 Å². The van der Waals surface area contributed by atoms with Crippen LogP contribution in [0.3, 0.4) is 0 Å². The SMILES string of the molecule is CNC(=O)c1cccc(NC(=O)C2CC(c3cccc(F)c3)=NO2)c1. The second-order valence-electron chi connectivity index (χ2n) is 5.50. The highest BCUT2D eigenvalue weighted by Gasteiger charge is 2.29. The molecule has 1 unspecified atom stereocenters. The van der Waals surface area contributed by atoms with Gasteiger partial charge in [0.15, 0.2) is 0 Å². The molecular formula is C18H16FN3O3. The molecule has 128 valence electrons. The van der Waals surface area contributed by atoms with Gasteiger partial charge in [-0.2, -0.15) is 0 Å². The Balaban J connectivity index is 1.65. The number of nitrogens with one attached hydrogen (secondary N) is 2. The minimum absolute atomic E-state index is 0.240. The topological polar surface area (TPSA) is 79.8 Å².